The average Bonchev–Trinajstić information content (AvgIpc) is 2.60. The number of pyridine rings is 1. The minimum absolute atomic E-state index is 0.0711. The topological polar surface area (TPSA) is 63.2 Å². The number of nitrogens with zero attached hydrogens (tertiary/aromatic N) is 4. The number of nitrogens with one attached hydrogen (secondary N) is 1. The summed E-state index contributed by atoms with van der Waals surface area (Å²) >= 11 is 11.7. The molecular formula is C18H14Cl2FN5O. The summed E-state index contributed by atoms with van der Waals surface area (Å²) < 4.78 is 20.0. The molecule has 1 N–H and O–H groups in total. The van der Waals surface area contributed by atoms with E-state index in [1.165, 1.54) is 24.9 Å². The summed E-state index contributed by atoms with van der Waals surface area (Å²) in [5.74, 6) is 0.165. The van der Waals surface area contributed by atoms with Crippen molar-refractivity contribution >= 4 is 40.1 Å². The first-order chi connectivity index (χ1) is 13.0. The lowest BCUT2D eigenvalue weighted by Gasteiger charge is -2.56. The molecule has 1 aromatic carbocycles. The molecule has 4 heterocycles. The van der Waals surface area contributed by atoms with Gasteiger partial charge in [0.25, 0.3) is 0 Å². The van der Waals surface area contributed by atoms with Crippen molar-refractivity contribution in [2.45, 2.75) is 12.0 Å². The van der Waals surface area contributed by atoms with Crippen LogP contribution in [0.25, 0.3) is 11.0 Å². The summed E-state index contributed by atoms with van der Waals surface area (Å²) in [6.07, 6.45) is 2.54. The van der Waals surface area contributed by atoms with Crippen LogP contribution in [0.1, 0.15) is 6.42 Å². The minimum atomic E-state index is -0.743. The Hall–Kier alpha value is -2.22. The van der Waals surface area contributed by atoms with Gasteiger partial charge in [0.05, 0.1) is 21.1 Å². The predicted octanol–water partition coefficient (Wildman–Crippen LogP) is 3.82. The Labute approximate surface area is 164 Å². The van der Waals surface area contributed by atoms with Gasteiger partial charge in [-0.15, -0.1) is 0 Å². The van der Waals surface area contributed by atoms with E-state index in [2.05, 4.69) is 25.2 Å². The Balaban J connectivity index is 1.49. The second-order valence-corrected chi connectivity index (χ2v) is 7.59. The van der Waals surface area contributed by atoms with Crippen molar-refractivity contribution in [3.63, 3.8) is 0 Å². The molecule has 27 heavy (non-hydrogen) atoms. The third-order valence-corrected chi connectivity index (χ3v) is 5.84. The molecule has 0 atom stereocenters. The van der Waals surface area contributed by atoms with E-state index >= 15 is 0 Å². The van der Waals surface area contributed by atoms with Crippen molar-refractivity contribution in [3.05, 3.63) is 46.5 Å². The highest BCUT2D eigenvalue weighted by Crippen LogP contribution is 2.36. The Bertz CT molecular complexity index is 1050. The van der Waals surface area contributed by atoms with Crippen molar-refractivity contribution < 1.29 is 9.13 Å². The number of benzene rings is 1. The fourth-order valence-corrected chi connectivity index (χ4v) is 3.75. The summed E-state index contributed by atoms with van der Waals surface area (Å²) in [6.45, 7) is 2.90. The van der Waals surface area contributed by atoms with Crippen LogP contribution in [-0.2, 0) is 0 Å². The molecule has 5 rings (SSSR count). The zero-order valence-corrected chi connectivity index (χ0v) is 15.6. The van der Waals surface area contributed by atoms with Gasteiger partial charge in [-0.1, -0.05) is 23.2 Å². The molecule has 0 amide bonds. The fraction of sp³-hybridized carbons (Fsp3) is 0.278. The number of fused-ring (bicyclic) bond motifs is 1. The summed E-state index contributed by atoms with van der Waals surface area (Å²) in [4.78, 5) is 15.2. The molecule has 3 aromatic rings. The van der Waals surface area contributed by atoms with Crippen molar-refractivity contribution in [3.8, 4) is 11.6 Å². The molecule has 2 aliphatic rings. The summed E-state index contributed by atoms with van der Waals surface area (Å²) in [6, 6.07) is 6.65. The van der Waals surface area contributed by atoms with E-state index in [0.29, 0.717) is 11.0 Å². The van der Waals surface area contributed by atoms with Crippen molar-refractivity contribution in [2.75, 3.05) is 24.5 Å². The number of halogens is 3. The number of hydrogen-bond acceptors (Lipinski definition) is 6. The zero-order chi connectivity index (χ0) is 18.6. The first-order valence-electron chi connectivity index (χ1n) is 8.48. The van der Waals surface area contributed by atoms with Crippen molar-refractivity contribution in [2.24, 2.45) is 0 Å². The highest BCUT2D eigenvalue weighted by atomic mass is 35.5. The number of aromatic nitrogens is 3. The molecule has 0 bridgehead atoms. The second kappa shape index (κ2) is 6.15. The fourth-order valence-electron chi connectivity index (χ4n) is 3.44. The maximum atomic E-state index is 14.3. The van der Waals surface area contributed by atoms with E-state index in [0.717, 1.165) is 25.5 Å². The maximum Gasteiger partial charge on any atom is 0.249 e. The van der Waals surface area contributed by atoms with E-state index < -0.39 is 5.82 Å². The minimum Gasteiger partial charge on any atom is -0.434 e. The van der Waals surface area contributed by atoms with Gasteiger partial charge in [0.1, 0.15) is 12.1 Å². The van der Waals surface area contributed by atoms with Gasteiger partial charge in [0.2, 0.25) is 5.88 Å². The van der Waals surface area contributed by atoms with Gasteiger partial charge in [0, 0.05) is 13.1 Å². The number of anilines is 1. The second-order valence-electron chi connectivity index (χ2n) is 6.80. The number of ether oxygens (including phenoxy) is 1. The van der Waals surface area contributed by atoms with Gasteiger partial charge in [-0.3, -0.25) is 0 Å². The van der Waals surface area contributed by atoms with Crippen LogP contribution in [0.15, 0.2) is 30.6 Å². The molecule has 0 unspecified atom stereocenters. The SMILES string of the molecule is Fc1c(Oc2ncnc3ccc(N4CC5(CCN5)C4)nc23)ccc(Cl)c1Cl. The van der Waals surface area contributed by atoms with Crippen molar-refractivity contribution in [1.82, 2.24) is 20.3 Å². The number of hydrogen-bond donors (Lipinski definition) is 1. The van der Waals surface area contributed by atoms with Gasteiger partial charge < -0.3 is 15.0 Å². The largest absolute Gasteiger partial charge is 0.434 e. The molecule has 2 aromatic heterocycles. The van der Waals surface area contributed by atoms with Gasteiger partial charge in [-0.25, -0.2) is 14.4 Å². The van der Waals surface area contributed by atoms with Crippen LogP contribution in [-0.4, -0.2) is 40.1 Å². The van der Waals surface area contributed by atoms with E-state index in [1.807, 2.05) is 12.1 Å². The van der Waals surface area contributed by atoms with Gasteiger partial charge >= 0.3 is 0 Å². The molecule has 0 saturated carbocycles. The molecule has 9 heteroatoms. The summed E-state index contributed by atoms with van der Waals surface area (Å²) in [5.41, 5.74) is 1.32. The Kier molecular flexibility index (Phi) is 3.86. The summed E-state index contributed by atoms with van der Waals surface area (Å²) in [7, 11) is 0. The molecule has 0 aliphatic carbocycles. The van der Waals surface area contributed by atoms with Crippen molar-refractivity contribution in [1.29, 1.82) is 0 Å². The quantitative estimate of drug-likeness (QED) is 0.668. The number of rotatable bonds is 3. The molecule has 2 aliphatic heterocycles. The highest BCUT2D eigenvalue weighted by Gasteiger charge is 2.47. The van der Waals surface area contributed by atoms with Crippen LogP contribution in [0.4, 0.5) is 10.2 Å². The first kappa shape index (κ1) is 16.9. The molecule has 6 nitrogen and oxygen atoms in total. The van der Waals surface area contributed by atoms with E-state index in [4.69, 9.17) is 27.9 Å². The van der Waals surface area contributed by atoms with Crippen LogP contribution in [0.3, 0.4) is 0 Å². The van der Waals surface area contributed by atoms with Gasteiger partial charge in [-0.2, -0.15) is 4.98 Å². The molecular weight excluding hydrogens is 392 g/mol. The van der Waals surface area contributed by atoms with Crippen LogP contribution in [0.5, 0.6) is 11.6 Å². The molecule has 1 spiro atoms. The lowest BCUT2D eigenvalue weighted by Crippen LogP contribution is -2.76. The Morgan fingerprint density at radius 1 is 1.15 bits per heavy atom. The van der Waals surface area contributed by atoms with E-state index in [-0.39, 0.29) is 27.2 Å². The highest BCUT2D eigenvalue weighted by molar-refractivity contribution is 6.42. The average molecular weight is 406 g/mol. The molecule has 0 radical (unpaired) electrons. The zero-order valence-electron chi connectivity index (χ0n) is 14.0. The van der Waals surface area contributed by atoms with Crippen LogP contribution >= 0.6 is 23.2 Å². The summed E-state index contributed by atoms with van der Waals surface area (Å²) in [5, 5.41) is 3.39. The van der Waals surface area contributed by atoms with E-state index in [9.17, 15) is 4.39 Å². The smallest absolute Gasteiger partial charge is 0.249 e. The lowest BCUT2D eigenvalue weighted by atomic mass is 9.80. The van der Waals surface area contributed by atoms with Gasteiger partial charge in [0.15, 0.2) is 17.1 Å². The van der Waals surface area contributed by atoms with Crippen LogP contribution in [0.2, 0.25) is 10.0 Å². The normalized spacial score (nSPS) is 17.7. The predicted molar refractivity (Wildman–Crippen MR) is 101 cm³/mol. The van der Waals surface area contributed by atoms with Crippen LogP contribution < -0.4 is 15.0 Å². The molecule has 2 fully saturated rings. The first-order valence-corrected chi connectivity index (χ1v) is 9.23. The van der Waals surface area contributed by atoms with Crippen LogP contribution in [0, 0.1) is 5.82 Å². The lowest BCUT2D eigenvalue weighted by molar-refractivity contribution is 0.159. The third kappa shape index (κ3) is 2.77. The van der Waals surface area contributed by atoms with E-state index in [1.54, 1.807) is 0 Å². The Morgan fingerprint density at radius 2 is 1.96 bits per heavy atom. The van der Waals surface area contributed by atoms with Gasteiger partial charge in [-0.05, 0) is 37.2 Å². The Morgan fingerprint density at radius 3 is 2.70 bits per heavy atom. The maximum absolute atomic E-state index is 14.3. The molecule has 2 saturated heterocycles. The standard InChI is InChI=1S/C18H14Cl2FN5O/c19-10-1-3-12(15(21)14(10)20)27-17-16-11(22-9-23-17)2-4-13(25-16)26-7-18(8-26)5-6-24-18/h1-4,9,24H,5-8H2. The monoisotopic (exact) mass is 405 g/mol. The molecule has 138 valence electrons. The third-order valence-electron chi connectivity index (χ3n) is 5.05.